The average Bonchev–Trinajstić information content (AvgIpc) is 2.89. The van der Waals surface area contributed by atoms with Crippen LogP contribution in [0.1, 0.15) is 17.7 Å². The lowest BCUT2D eigenvalue weighted by atomic mass is 10.1. The van der Waals surface area contributed by atoms with E-state index >= 15 is 0 Å². The van der Waals surface area contributed by atoms with Gasteiger partial charge < -0.3 is 5.73 Å². The quantitative estimate of drug-likeness (QED) is 0.719. The fourth-order valence-electron chi connectivity index (χ4n) is 2.14. The van der Waals surface area contributed by atoms with Gasteiger partial charge in [0.05, 0.1) is 5.25 Å². The highest BCUT2D eigenvalue weighted by atomic mass is 79.9. The van der Waals surface area contributed by atoms with Gasteiger partial charge in [0, 0.05) is 16.7 Å². The summed E-state index contributed by atoms with van der Waals surface area (Å²) in [6.07, 6.45) is 1.97. The van der Waals surface area contributed by atoms with Gasteiger partial charge in [-0.05, 0) is 36.8 Å². The number of hydrogen-bond donors (Lipinski definition) is 1. The van der Waals surface area contributed by atoms with Crippen LogP contribution in [0.5, 0.6) is 0 Å². The molecule has 0 amide bonds. The number of rotatable bonds is 4. The van der Waals surface area contributed by atoms with E-state index in [0.29, 0.717) is 0 Å². The Kier molecular flexibility index (Phi) is 4.28. The van der Waals surface area contributed by atoms with E-state index in [-0.39, 0.29) is 11.3 Å². The minimum atomic E-state index is 0.00670. The SMILES string of the molecule is CC(N)C(Sc1nnc2ccccn12)c1ccc(Br)cc1. The summed E-state index contributed by atoms with van der Waals surface area (Å²) in [6, 6.07) is 14.1. The number of benzene rings is 1. The maximum Gasteiger partial charge on any atom is 0.196 e. The molecule has 0 aliphatic heterocycles. The van der Waals surface area contributed by atoms with Gasteiger partial charge in [-0.2, -0.15) is 0 Å². The maximum absolute atomic E-state index is 6.18. The second-order valence-corrected chi connectivity index (χ2v) is 6.88. The van der Waals surface area contributed by atoms with Gasteiger partial charge in [0.1, 0.15) is 0 Å². The van der Waals surface area contributed by atoms with E-state index in [1.807, 2.05) is 47.9 Å². The minimum absolute atomic E-state index is 0.00670. The van der Waals surface area contributed by atoms with E-state index < -0.39 is 0 Å². The first-order valence-corrected chi connectivity index (χ1v) is 8.30. The third-order valence-electron chi connectivity index (χ3n) is 3.19. The smallest absolute Gasteiger partial charge is 0.196 e. The second-order valence-electron chi connectivity index (χ2n) is 4.86. The fourth-order valence-corrected chi connectivity index (χ4v) is 3.50. The standard InChI is InChI=1S/C15H15BrN4S/c1-10(17)14(11-5-7-12(16)8-6-11)21-15-19-18-13-4-2-3-9-20(13)15/h2-10,14H,17H2,1H3. The molecule has 2 aromatic heterocycles. The molecule has 2 heterocycles. The Morgan fingerprint density at radius 3 is 2.62 bits per heavy atom. The number of halogens is 1. The van der Waals surface area contributed by atoms with E-state index in [1.165, 1.54) is 5.56 Å². The van der Waals surface area contributed by atoms with Crippen LogP contribution in [-0.4, -0.2) is 20.6 Å². The van der Waals surface area contributed by atoms with Crippen LogP contribution in [-0.2, 0) is 0 Å². The molecule has 3 aromatic rings. The van der Waals surface area contributed by atoms with Gasteiger partial charge >= 0.3 is 0 Å². The number of thioether (sulfide) groups is 1. The van der Waals surface area contributed by atoms with Crippen molar-refractivity contribution in [2.45, 2.75) is 23.4 Å². The molecule has 0 spiro atoms. The van der Waals surface area contributed by atoms with Crippen molar-refractivity contribution >= 4 is 33.3 Å². The zero-order chi connectivity index (χ0) is 14.8. The molecule has 0 radical (unpaired) electrons. The number of nitrogens with two attached hydrogens (primary N) is 1. The summed E-state index contributed by atoms with van der Waals surface area (Å²) in [5.74, 6) is 0. The first-order valence-electron chi connectivity index (χ1n) is 6.62. The fraction of sp³-hybridized carbons (Fsp3) is 0.200. The van der Waals surface area contributed by atoms with E-state index in [4.69, 9.17) is 5.73 Å². The molecule has 21 heavy (non-hydrogen) atoms. The molecule has 0 aliphatic carbocycles. The highest BCUT2D eigenvalue weighted by molar-refractivity contribution is 9.10. The molecule has 2 atom stereocenters. The lowest BCUT2D eigenvalue weighted by Gasteiger charge is -2.19. The molecule has 4 nitrogen and oxygen atoms in total. The first-order chi connectivity index (χ1) is 10.1. The van der Waals surface area contributed by atoms with Crippen molar-refractivity contribution in [3.05, 3.63) is 58.7 Å². The topological polar surface area (TPSA) is 56.2 Å². The minimum Gasteiger partial charge on any atom is -0.327 e. The Labute approximate surface area is 135 Å². The summed E-state index contributed by atoms with van der Waals surface area (Å²) < 4.78 is 3.05. The third kappa shape index (κ3) is 3.12. The Morgan fingerprint density at radius 2 is 1.90 bits per heavy atom. The van der Waals surface area contributed by atoms with Crippen LogP contribution >= 0.6 is 27.7 Å². The summed E-state index contributed by atoms with van der Waals surface area (Å²) in [5, 5.41) is 9.44. The third-order valence-corrected chi connectivity index (χ3v) is 5.16. The highest BCUT2D eigenvalue weighted by Crippen LogP contribution is 2.36. The first kappa shape index (κ1) is 14.6. The molecule has 0 fully saturated rings. The number of pyridine rings is 1. The molecule has 2 N–H and O–H groups in total. The zero-order valence-corrected chi connectivity index (χ0v) is 13.9. The summed E-state index contributed by atoms with van der Waals surface area (Å²) in [6.45, 7) is 2.02. The molecule has 1 aromatic carbocycles. The summed E-state index contributed by atoms with van der Waals surface area (Å²) in [4.78, 5) is 0. The van der Waals surface area contributed by atoms with Crippen LogP contribution < -0.4 is 5.73 Å². The lowest BCUT2D eigenvalue weighted by Crippen LogP contribution is -2.22. The Hall–Kier alpha value is -1.37. The van der Waals surface area contributed by atoms with Crippen molar-refractivity contribution in [2.24, 2.45) is 5.73 Å². The van der Waals surface area contributed by atoms with Crippen molar-refractivity contribution in [1.82, 2.24) is 14.6 Å². The van der Waals surface area contributed by atoms with Crippen molar-refractivity contribution in [3.8, 4) is 0 Å². The van der Waals surface area contributed by atoms with Crippen molar-refractivity contribution < 1.29 is 0 Å². The lowest BCUT2D eigenvalue weighted by molar-refractivity contribution is 0.716. The van der Waals surface area contributed by atoms with Gasteiger partial charge in [-0.15, -0.1) is 10.2 Å². The molecular weight excluding hydrogens is 348 g/mol. The molecule has 6 heteroatoms. The zero-order valence-electron chi connectivity index (χ0n) is 11.5. The molecule has 0 bridgehead atoms. The molecular formula is C15H15BrN4S. The molecule has 3 rings (SSSR count). The van der Waals surface area contributed by atoms with Gasteiger partial charge in [0.25, 0.3) is 0 Å². The van der Waals surface area contributed by atoms with Crippen LogP contribution in [0.4, 0.5) is 0 Å². The van der Waals surface area contributed by atoms with E-state index in [2.05, 4.69) is 38.3 Å². The van der Waals surface area contributed by atoms with Gasteiger partial charge in [0.15, 0.2) is 10.8 Å². The largest absolute Gasteiger partial charge is 0.327 e. The van der Waals surface area contributed by atoms with Gasteiger partial charge in [-0.25, -0.2) is 0 Å². The van der Waals surface area contributed by atoms with Crippen LogP contribution in [0, 0.1) is 0 Å². The Morgan fingerprint density at radius 1 is 1.14 bits per heavy atom. The number of hydrogen-bond acceptors (Lipinski definition) is 4. The van der Waals surface area contributed by atoms with E-state index in [0.717, 1.165) is 15.3 Å². The average molecular weight is 363 g/mol. The second kappa shape index (κ2) is 6.17. The summed E-state index contributed by atoms with van der Waals surface area (Å²) in [5.41, 5.74) is 8.21. The molecule has 2 unspecified atom stereocenters. The number of fused-ring (bicyclic) bond motifs is 1. The maximum atomic E-state index is 6.18. The predicted molar refractivity (Wildman–Crippen MR) is 89.4 cm³/mol. The highest BCUT2D eigenvalue weighted by Gasteiger charge is 2.20. The van der Waals surface area contributed by atoms with Crippen molar-refractivity contribution in [1.29, 1.82) is 0 Å². The predicted octanol–water partition coefficient (Wildman–Crippen LogP) is 3.67. The van der Waals surface area contributed by atoms with Crippen LogP contribution in [0.25, 0.3) is 5.65 Å². The Bertz CT molecular complexity index is 739. The Balaban J connectivity index is 1.94. The van der Waals surface area contributed by atoms with Crippen LogP contribution in [0.2, 0.25) is 0 Å². The van der Waals surface area contributed by atoms with Gasteiger partial charge in [-0.3, -0.25) is 4.40 Å². The molecule has 108 valence electrons. The van der Waals surface area contributed by atoms with E-state index in [1.54, 1.807) is 11.8 Å². The summed E-state index contributed by atoms with van der Waals surface area (Å²) >= 11 is 5.10. The van der Waals surface area contributed by atoms with Crippen LogP contribution in [0.3, 0.4) is 0 Å². The number of aromatic nitrogens is 3. The van der Waals surface area contributed by atoms with Gasteiger partial charge in [-0.1, -0.05) is 45.9 Å². The normalized spacial score (nSPS) is 14.2. The van der Waals surface area contributed by atoms with Crippen molar-refractivity contribution in [2.75, 3.05) is 0 Å². The molecule has 0 saturated heterocycles. The van der Waals surface area contributed by atoms with Gasteiger partial charge in [0.2, 0.25) is 0 Å². The summed E-state index contributed by atoms with van der Waals surface area (Å²) in [7, 11) is 0. The van der Waals surface area contributed by atoms with Crippen LogP contribution in [0.15, 0.2) is 58.3 Å². The molecule has 0 aliphatic rings. The number of nitrogens with zero attached hydrogens (tertiary/aromatic N) is 3. The van der Waals surface area contributed by atoms with E-state index in [9.17, 15) is 0 Å². The van der Waals surface area contributed by atoms with Crippen molar-refractivity contribution in [3.63, 3.8) is 0 Å². The monoisotopic (exact) mass is 362 g/mol. The molecule has 0 saturated carbocycles.